The molecule has 2 aliphatic rings. The number of fused-ring (bicyclic) bond motifs is 3. The van der Waals surface area contributed by atoms with Gasteiger partial charge in [0, 0.05) is 18.9 Å². The first-order chi connectivity index (χ1) is 16.2. The Morgan fingerprint density at radius 2 is 1.62 bits per heavy atom. The third-order valence-electron chi connectivity index (χ3n) is 6.91. The number of rotatable bonds is 9. The predicted molar refractivity (Wildman–Crippen MR) is 128 cm³/mol. The summed E-state index contributed by atoms with van der Waals surface area (Å²) in [5, 5.41) is 14.8. The summed E-state index contributed by atoms with van der Waals surface area (Å²) in [6.45, 7) is 4.09. The number of carboxylic acids is 1. The minimum atomic E-state index is -0.897. The highest BCUT2D eigenvalue weighted by Gasteiger charge is 2.41. The molecule has 2 aliphatic carbocycles. The van der Waals surface area contributed by atoms with Crippen molar-refractivity contribution >= 4 is 18.0 Å². The van der Waals surface area contributed by atoms with Crippen LogP contribution in [0.15, 0.2) is 48.5 Å². The van der Waals surface area contributed by atoms with Crippen molar-refractivity contribution < 1.29 is 24.2 Å². The van der Waals surface area contributed by atoms with Crippen molar-refractivity contribution in [2.24, 2.45) is 5.41 Å². The Labute approximate surface area is 199 Å². The molecular weight excluding hydrogens is 432 g/mol. The second-order valence-electron chi connectivity index (χ2n) is 10.3. The summed E-state index contributed by atoms with van der Waals surface area (Å²) in [6, 6.07) is 16.4. The van der Waals surface area contributed by atoms with Gasteiger partial charge in [0.1, 0.15) is 6.61 Å². The zero-order valence-electron chi connectivity index (χ0n) is 19.7. The number of ether oxygens (including phenoxy) is 1. The monoisotopic (exact) mass is 464 g/mol. The van der Waals surface area contributed by atoms with Gasteiger partial charge in [0.15, 0.2) is 0 Å². The lowest BCUT2D eigenvalue weighted by Crippen LogP contribution is -2.56. The summed E-state index contributed by atoms with van der Waals surface area (Å²) in [5.74, 6) is -1.11. The number of amides is 2. The molecule has 3 N–H and O–H groups in total. The highest BCUT2D eigenvalue weighted by Crippen LogP contribution is 2.44. The molecule has 34 heavy (non-hydrogen) atoms. The van der Waals surface area contributed by atoms with Gasteiger partial charge in [0.2, 0.25) is 5.91 Å². The maximum Gasteiger partial charge on any atom is 0.407 e. The molecule has 0 spiro atoms. The Morgan fingerprint density at radius 3 is 2.15 bits per heavy atom. The zero-order chi connectivity index (χ0) is 24.3. The Hall–Kier alpha value is -3.35. The van der Waals surface area contributed by atoms with E-state index in [1.807, 2.05) is 24.3 Å². The number of nitrogens with one attached hydrogen (secondary N) is 2. The van der Waals surface area contributed by atoms with Gasteiger partial charge in [-0.1, -0.05) is 62.4 Å². The van der Waals surface area contributed by atoms with E-state index in [0.29, 0.717) is 12.8 Å². The van der Waals surface area contributed by atoms with Gasteiger partial charge in [-0.25, -0.2) is 4.79 Å². The fraction of sp³-hybridized carbons (Fsp3) is 0.444. The fourth-order valence-corrected chi connectivity index (χ4v) is 4.98. The van der Waals surface area contributed by atoms with E-state index in [-0.39, 0.29) is 37.8 Å². The summed E-state index contributed by atoms with van der Waals surface area (Å²) in [4.78, 5) is 36.3. The van der Waals surface area contributed by atoms with E-state index in [1.165, 1.54) is 11.1 Å². The van der Waals surface area contributed by atoms with Crippen molar-refractivity contribution in [2.75, 3.05) is 13.2 Å². The molecule has 0 bridgehead atoms. The third-order valence-corrected chi connectivity index (χ3v) is 6.91. The van der Waals surface area contributed by atoms with Gasteiger partial charge in [-0.2, -0.15) is 0 Å². The SMILES string of the molecule is CC(C)(CNC(=O)CC1(NC(=O)OCC2c3ccccc3-c3ccccc32)CCC1)CC(=O)O. The molecule has 4 rings (SSSR count). The van der Waals surface area contributed by atoms with Gasteiger partial charge in [-0.15, -0.1) is 0 Å². The quantitative estimate of drug-likeness (QED) is 0.508. The largest absolute Gasteiger partial charge is 0.481 e. The first-order valence-electron chi connectivity index (χ1n) is 11.8. The molecular formula is C27H32N2O5. The van der Waals surface area contributed by atoms with Crippen LogP contribution in [0.25, 0.3) is 11.1 Å². The van der Waals surface area contributed by atoms with Crippen molar-refractivity contribution in [3.8, 4) is 11.1 Å². The molecule has 0 saturated heterocycles. The van der Waals surface area contributed by atoms with Gasteiger partial charge < -0.3 is 20.5 Å². The van der Waals surface area contributed by atoms with Crippen LogP contribution in [-0.2, 0) is 14.3 Å². The summed E-state index contributed by atoms with van der Waals surface area (Å²) in [5.41, 5.74) is 3.49. The number of carbonyl (C=O) groups is 3. The Bertz CT molecular complexity index is 1040. The topological polar surface area (TPSA) is 105 Å². The molecule has 7 heteroatoms. The molecule has 0 unspecified atom stereocenters. The lowest BCUT2D eigenvalue weighted by Gasteiger charge is -2.41. The van der Waals surface area contributed by atoms with Crippen molar-refractivity contribution in [2.45, 2.75) is 57.4 Å². The van der Waals surface area contributed by atoms with Crippen molar-refractivity contribution in [1.82, 2.24) is 10.6 Å². The summed E-state index contributed by atoms with van der Waals surface area (Å²) < 4.78 is 5.66. The van der Waals surface area contributed by atoms with Crippen LogP contribution in [-0.4, -0.2) is 41.8 Å². The molecule has 0 aromatic heterocycles. The van der Waals surface area contributed by atoms with Crippen LogP contribution in [0.5, 0.6) is 0 Å². The van der Waals surface area contributed by atoms with E-state index in [0.717, 1.165) is 17.5 Å². The first kappa shape index (κ1) is 23.8. The van der Waals surface area contributed by atoms with Gasteiger partial charge in [-0.3, -0.25) is 9.59 Å². The summed E-state index contributed by atoms with van der Waals surface area (Å²) in [7, 11) is 0. The maximum atomic E-state index is 12.7. The Morgan fingerprint density at radius 1 is 1.03 bits per heavy atom. The molecule has 1 saturated carbocycles. The van der Waals surface area contributed by atoms with Crippen molar-refractivity contribution in [1.29, 1.82) is 0 Å². The molecule has 0 radical (unpaired) electrons. The second-order valence-corrected chi connectivity index (χ2v) is 10.3. The molecule has 180 valence electrons. The predicted octanol–water partition coefficient (Wildman–Crippen LogP) is 4.46. The third kappa shape index (κ3) is 5.24. The van der Waals surface area contributed by atoms with E-state index in [1.54, 1.807) is 13.8 Å². The number of carboxylic acid groups (broad SMARTS) is 1. The van der Waals surface area contributed by atoms with E-state index in [4.69, 9.17) is 9.84 Å². The fourth-order valence-electron chi connectivity index (χ4n) is 4.98. The van der Waals surface area contributed by atoms with E-state index >= 15 is 0 Å². The number of hydrogen-bond donors (Lipinski definition) is 3. The van der Waals surface area contributed by atoms with E-state index in [2.05, 4.69) is 34.9 Å². The molecule has 2 aromatic carbocycles. The smallest absolute Gasteiger partial charge is 0.407 e. The van der Waals surface area contributed by atoms with Crippen LogP contribution >= 0.6 is 0 Å². The standard InChI is InChI=1S/C27H32N2O5/c1-26(2,15-24(31)32)17-28-23(30)14-27(12-7-13-27)29-25(33)34-16-22-20-10-5-3-8-18(20)19-9-4-6-11-21(19)22/h3-6,8-11,22H,7,12-17H2,1-2H3,(H,28,30)(H,29,33)(H,31,32). The van der Waals surface area contributed by atoms with Crippen LogP contribution in [0, 0.1) is 5.41 Å². The van der Waals surface area contributed by atoms with Crippen molar-refractivity contribution in [3.63, 3.8) is 0 Å². The normalized spacial score (nSPS) is 16.1. The molecule has 1 fully saturated rings. The minimum absolute atomic E-state index is 0.0183. The lowest BCUT2D eigenvalue weighted by molar-refractivity contribution is -0.139. The average molecular weight is 465 g/mol. The van der Waals surface area contributed by atoms with E-state index in [9.17, 15) is 14.4 Å². The molecule has 0 heterocycles. The number of carbonyl (C=O) groups excluding carboxylic acids is 2. The van der Waals surface area contributed by atoms with Crippen molar-refractivity contribution in [3.05, 3.63) is 59.7 Å². The van der Waals surface area contributed by atoms with Gasteiger partial charge in [0.05, 0.1) is 12.0 Å². The first-order valence-corrected chi connectivity index (χ1v) is 11.8. The molecule has 0 atom stereocenters. The Balaban J connectivity index is 1.33. The molecule has 2 aromatic rings. The number of hydrogen-bond acceptors (Lipinski definition) is 4. The van der Waals surface area contributed by atoms with Gasteiger partial charge in [-0.05, 0) is 46.9 Å². The number of aliphatic carboxylic acids is 1. The van der Waals surface area contributed by atoms with Crippen LogP contribution in [0.4, 0.5) is 4.79 Å². The van der Waals surface area contributed by atoms with Crippen LogP contribution < -0.4 is 10.6 Å². The molecule has 0 aliphatic heterocycles. The van der Waals surface area contributed by atoms with Gasteiger partial charge in [0.25, 0.3) is 0 Å². The maximum absolute atomic E-state index is 12.7. The highest BCUT2D eigenvalue weighted by atomic mass is 16.5. The number of benzene rings is 2. The Kier molecular flexibility index (Phi) is 6.64. The zero-order valence-corrected chi connectivity index (χ0v) is 19.7. The minimum Gasteiger partial charge on any atom is -0.481 e. The highest BCUT2D eigenvalue weighted by molar-refractivity contribution is 5.80. The van der Waals surface area contributed by atoms with Crippen LogP contribution in [0.3, 0.4) is 0 Å². The van der Waals surface area contributed by atoms with E-state index < -0.39 is 23.0 Å². The van der Waals surface area contributed by atoms with Crippen LogP contribution in [0.2, 0.25) is 0 Å². The molecule has 2 amide bonds. The number of alkyl carbamates (subject to hydrolysis) is 1. The summed E-state index contributed by atoms with van der Waals surface area (Å²) >= 11 is 0. The summed E-state index contributed by atoms with van der Waals surface area (Å²) in [6.07, 6.45) is 1.96. The van der Waals surface area contributed by atoms with Gasteiger partial charge >= 0.3 is 12.1 Å². The lowest BCUT2D eigenvalue weighted by atomic mass is 9.74. The average Bonchev–Trinajstić information content (AvgIpc) is 3.08. The second kappa shape index (κ2) is 9.49. The molecule has 7 nitrogen and oxygen atoms in total. The van der Waals surface area contributed by atoms with Crippen LogP contribution in [0.1, 0.15) is 63.0 Å².